The molecule has 1 unspecified atom stereocenters. The van der Waals surface area contributed by atoms with Gasteiger partial charge in [-0.05, 0) is 52.7 Å². The van der Waals surface area contributed by atoms with E-state index in [0.717, 1.165) is 21.5 Å². The van der Waals surface area contributed by atoms with Gasteiger partial charge in [0.05, 0.1) is 17.7 Å². The minimum atomic E-state index is -0.0848. The largest absolute Gasteiger partial charge is 0.394 e. The molecule has 1 aromatic heterocycles. The van der Waals surface area contributed by atoms with Crippen LogP contribution in [0.4, 0.5) is 5.69 Å². The highest BCUT2D eigenvalue weighted by molar-refractivity contribution is 9.10. The summed E-state index contributed by atoms with van der Waals surface area (Å²) >= 11 is 11.1. The second-order valence-corrected chi connectivity index (χ2v) is 6.63. The van der Waals surface area contributed by atoms with Gasteiger partial charge >= 0.3 is 0 Å². The van der Waals surface area contributed by atoms with Crippen molar-refractivity contribution in [3.8, 4) is 0 Å². The van der Waals surface area contributed by atoms with Gasteiger partial charge in [0.25, 0.3) is 0 Å². The summed E-state index contributed by atoms with van der Waals surface area (Å²) in [4.78, 5) is 2.47. The van der Waals surface area contributed by atoms with E-state index in [1.807, 2.05) is 18.2 Å². The van der Waals surface area contributed by atoms with E-state index >= 15 is 0 Å². The summed E-state index contributed by atoms with van der Waals surface area (Å²) in [6, 6.07) is 9.75. The molecule has 102 valence electrons. The molecule has 2 rings (SSSR count). The number of aliphatic hydroxyl groups excluding tert-OH is 1. The molecule has 0 radical (unpaired) electrons. The van der Waals surface area contributed by atoms with Gasteiger partial charge in [0.2, 0.25) is 0 Å². The van der Waals surface area contributed by atoms with Crippen molar-refractivity contribution in [2.75, 3.05) is 11.9 Å². The second-order valence-electron chi connectivity index (χ2n) is 4.17. The Morgan fingerprint density at radius 2 is 2.16 bits per heavy atom. The Bertz CT molecular complexity index is 558. The predicted octanol–water partition coefficient (Wildman–Crippen LogP) is 4.87. The van der Waals surface area contributed by atoms with Crippen LogP contribution in [0.25, 0.3) is 0 Å². The Labute approximate surface area is 130 Å². The Balaban J connectivity index is 2.16. The van der Waals surface area contributed by atoms with Gasteiger partial charge < -0.3 is 10.4 Å². The summed E-state index contributed by atoms with van der Waals surface area (Å²) in [6.07, 6.45) is 1.02. The van der Waals surface area contributed by atoms with Crippen LogP contribution in [0.1, 0.15) is 22.7 Å². The van der Waals surface area contributed by atoms with Crippen molar-refractivity contribution in [3.63, 3.8) is 0 Å². The maximum atomic E-state index is 9.55. The topological polar surface area (TPSA) is 32.3 Å². The highest BCUT2D eigenvalue weighted by Gasteiger charge is 2.13. The zero-order chi connectivity index (χ0) is 13.8. The first-order valence-corrected chi connectivity index (χ1v) is 8.03. The molecule has 0 bridgehead atoms. The SMILES string of the molecule is CCc1ccc(C(CO)Nc2ccc(Cl)c(Br)c2)s1. The lowest BCUT2D eigenvalue weighted by Gasteiger charge is -2.16. The molecule has 1 aromatic carbocycles. The number of halogens is 2. The number of aliphatic hydroxyl groups is 1. The number of aryl methyl sites for hydroxylation is 1. The number of rotatable bonds is 5. The lowest BCUT2D eigenvalue weighted by molar-refractivity contribution is 0.278. The molecule has 0 fully saturated rings. The molecule has 0 saturated carbocycles. The third-order valence-corrected chi connectivity index (χ3v) is 5.37. The summed E-state index contributed by atoms with van der Waals surface area (Å²) in [5.41, 5.74) is 0.932. The number of anilines is 1. The van der Waals surface area contributed by atoms with Crippen molar-refractivity contribution in [3.05, 3.63) is 49.6 Å². The molecule has 19 heavy (non-hydrogen) atoms. The number of thiophene rings is 1. The lowest BCUT2D eigenvalue weighted by atomic mass is 10.2. The molecule has 0 aliphatic heterocycles. The molecular formula is C14H15BrClNOS. The zero-order valence-corrected chi connectivity index (χ0v) is 13.6. The fourth-order valence-corrected chi connectivity index (χ4v) is 3.26. The molecule has 0 saturated heterocycles. The van der Waals surface area contributed by atoms with Crippen LogP contribution >= 0.6 is 38.9 Å². The minimum absolute atomic E-state index is 0.0594. The molecule has 5 heteroatoms. The van der Waals surface area contributed by atoms with Crippen molar-refractivity contribution >= 4 is 44.6 Å². The summed E-state index contributed by atoms with van der Waals surface area (Å²) in [6.45, 7) is 2.19. The average Bonchev–Trinajstić information content (AvgIpc) is 2.88. The third-order valence-electron chi connectivity index (χ3n) is 2.82. The highest BCUT2D eigenvalue weighted by atomic mass is 79.9. The van der Waals surface area contributed by atoms with Crippen molar-refractivity contribution in [2.45, 2.75) is 19.4 Å². The van der Waals surface area contributed by atoms with Crippen LogP contribution in [0.5, 0.6) is 0 Å². The zero-order valence-electron chi connectivity index (χ0n) is 10.5. The molecule has 0 aliphatic rings. The molecule has 2 N–H and O–H groups in total. The van der Waals surface area contributed by atoms with Crippen LogP contribution in [0.2, 0.25) is 5.02 Å². The van der Waals surface area contributed by atoms with E-state index in [1.54, 1.807) is 11.3 Å². The fraction of sp³-hybridized carbons (Fsp3) is 0.286. The van der Waals surface area contributed by atoms with Crippen LogP contribution < -0.4 is 5.32 Å². The van der Waals surface area contributed by atoms with Crippen LogP contribution in [0.15, 0.2) is 34.8 Å². The van der Waals surface area contributed by atoms with Gasteiger partial charge in [0.15, 0.2) is 0 Å². The van der Waals surface area contributed by atoms with E-state index in [0.29, 0.717) is 5.02 Å². The molecule has 0 amide bonds. The fourth-order valence-electron chi connectivity index (χ4n) is 1.77. The van der Waals surface area contributed by atoms with Gasteiger partial charge in [0.1, 0.15) is 0 Å². The second kappa shape index (κ2) is 6.75. The van der Waals surface area contributed by atoms with Crippen LogP contribution in [0, 0.1) is 0 Å². The van der Waals surface area contributed by atoms with Gasteiger partial charge in [-0.2, -0.15) is 0 Å². The Morgan fingerprint density at radius 1 is 1.37 bits per heavy atom. The van der Waals surface area contributed by atoms with E-state index < -0.39 is 0 Å². The molecule has 0 spiro atoms. The average molecular weight is 361 g/mol. The first-order chi connectivity index (χ1) is 9.13. The van der Waals surface area contributed by atoms with Crippen LogP contribution in [-0.4, -0.2) is 11.7 Å². The van der Waals surface area contributed by atoms with Crippen LogP contribution in [0.3, 0.4) is 0 Å². The molecule has 2 aromatic rings. The van der Waals surface area contributed by atoms with Gasteiger partial charge in [-0.25, -0.2) is 0 Å². The van der Waals surface area contributed by atoms with Crippen molar-refractivity contribution in [2.24, 2.45) is 0 Å². The number of hydrogen-bond donors (Lipinski definition) is 2. The Hall–Kier alpha value is -0.550. The lowest BCUT2D eigenvalue weighted by Crippen LogP contribution is -2.13. The molecule has 1 heterocycles. The van der Waals surface area contributed by atoms with Gasteiger partial charge in [0, 0.05) is 19.9 Å². The van der Waals surface area contributed by atoms with E-state index in [4.69, 9.17) is 11.6 Å². The maximum absolute atomic E-state index is 9.55. The van der Waals surface area contributed by atoms with Crippen molar-refractivity contribution in [1.29, 1.82) is 0 Å². The molecule has 0 aliphatic carbocycles. The quantitative estimate of drug-likeness (QED) is 0.797. The summed E-state index contributed by atoms with van der Waals surface area (Å²) in [7, 11) is 0. The van der Waals surface area contributed by atoms with E-state index in [2.05, 4.69) is 40.3 Å². The number of benzene rings is 1. The van der Waals surface area contributed by atoms with Crippen LogP contribution in [-0.2, 0) is 6.42 Å². The monoisotopic (exact) mass is 359 g/mol. The number of hydrogen-bond acceptors (Lipinski definition) is 3. The van der Waals surface area contributed by atoms with E-state index in [-0.39, 0.29) is 12.6 Å². The standard InChI is InChI=1S/C14H15BrClNOS/c1-2-10-4-6-14(19-10)13(8-18)17-9-3-5-12(16)11(15)7-9/h3-7,13,17-18H,2,8H2,1H3. The Kier molecular flexibility index (Phi) is 5.28. The Morgan fingerprint density at radius 3 is 2.74 bits per heavy atom. The normalized spacial score (nSPS) is 12.4. The van der Waals surface area contributed by atoms with Gasteiger partial charge in [-0.15, -0.1) is 11.3 Å². The first kappa shape index (κ1) is 14.9. The first-order valence-electron chi connectivity index (χ1n) is 6.05. The predicted molar refractivity (Wildman–Crippen MR) is 86.3 cm³/mol. The van der Waals surface area contributed by atoms with Gasteiger partial charge in [-0.3, -0.25) is 0 Å². The maximum Gasteiger partial charge on any atom is 0.0837 e. The van der Waals surface area contributed by atoms with E-state index in [9.17, 15) is 5.11 Å². The van der Waals surface area contributed by atoms with Crippen molar-refractivity contribution in [1.82, 2.24) is 0 Å². The molecular weight excluding hydrogens is 346 g/mol. The smallest absolute Gasteiger partial charge is 0.0837 e. The molecule has 2 nitrogen and oxygen atoms in total. The minimum Gasteiger partial charge on any atom is -0.394 e. The highest BCUT2D eigenvalue weighted by Crippen LogP contribution is 2.30. The van der Waals surface area contributed by atoms with Crippen molar-refractivity contribution < 1.29 is 5.11 Å². The summed E-state index contributed by atoms with van der Waals surface area (Å²) in [5.74, 6) is 0. The third kappa shape index (κ3) is 3.72. The van der Waals surface area contributed by atoms with E-state index in [1.165, 1.54) is 4.88 Å². The number of nitrogens with one attached hydrogen (secondary N) is 1. The summed E-state index contributed by atoms with van der Waals surface area (Å²) in [5, 5.41) is 13.6. The molecule has 1 atom stereocenters. The van der Waals surface area contributed by atoms with Gasteiger partial charge in [-0.1, -0.05) is 18.5 Å². The summed E-state index contributed by atoms with van der Waals surface area (Å²) < 4.78 is 0.844.